The molecule has 3 rings (SSSR count). The van der Waals surface area contributed by atoms with Gasteiger partial charge in [-0.15, -0.1) is 0 Å². The molecular weight excluding hydrogens is 218 g/mol. The summed E-state index contributed by atoms with van der Waals surface area (Å²) in [6, 6.07) is 19.4. The predicted octanol–water partition coefficient (Wildman–Crippen LogP) is 3.73. The predicted molar refractivity (Wildman–Crippen MR) is 77.3 cm³/mol. The van der Waals surface area contributed by atoms with Crippen molar-refractivity contribution in [3.8, 4) is 11.1 Å². The van der Waals surface area contributed by atoms with Crippen molar-refractivity contribution in [2.75, 3.05) is 13.1 Å². The molecule has 1 N–H and O–H groups in total. The minimum absolute atomic E-state index is 0.991. The molecule has 0 bridgehead atoms. The van der Waals surface area contributed by atoms with Crippen molar-refractivity contribution in [1.82, 2.24) is 5.32 Å². The van der Waals surface area contributed by atoms with Crippen LogP contribution in [0.4, 0.5) is 0 Å². The molecule has 0 unspecified atom stereocenters. The summed E-state index contributed by atoms with van der Waals surface area (Å²) in [6.45, 7) is 2.09. The van der Waals surface area contributed by atoms with E-state index in [0.717, 1.165) is 19.5 Å². The average Bonchev–Trinajstić information content (AvgIpc) is 2.49. The molecule has 0 atom stereocenters. The van der Waals surface area contributed by atoms with Gasteiger partial charge in [0.25, 0.3) is 0 Å². The van der Waals surface area contributed by atoms with Crippen molar-refractivity contribution >= 4 is 5.57 Å². The molecule has 1 heterocycles. The lowest BCUT2D eigenvalue weighted by Crippen LogP contribution is -2.21. The second kappa shape index (κ2) is 5.19. The van der Waals surface area contributed by atoms with Crippen LogP contribution in [-0.4, -0.2) is 13.1 Å². The van der Waals surface area contributed by atoms with Gasteiger partial charge in [0.2, 0.25) is 0 Å². The maximum Gasteiger partial charge on any atom is 0.0208 e. The third-order valence-corrected chi connectivity index (χ3v) is 3.39. The quantitative estimate of drug-likeness (QED) is 0.836. The smallest absolute Gasteiger partial charge is 0.0208 e. The van der Waals surface area contributed by atoms with Gasteiger partial charge in [-0.2, -0.15) is 0 Å². The highest BCUT2D eigenvalue weighted by Crippen LogP contribution is 2.23. The van der Waals surface area contributed by atoms with Crippen molar-refractivity contribution < 1.29 is 0 Å². The van der Waals surface area contributed by atoms with Gasteiger partial charge in [0.15, 0.2) is 0 Å². The molecule has 1 heteroatoms. The van der Waals surface area contributed by atoms with Gasteiger partial charge in [-0.3, -0.25) is 0 Å². The highest BCUT2D eigenvalue weighted by atomic mass is 14.9. The van der Waals surface area contributed by atoms with E-state index in [0.29, 0.717) is 0 Å². The summed E-state index contributed by atoms with van der Waals surface area (Å²) in [5.41, 5.74) is 5.31. The third kappa shape index (κ3) is 2.36. The normalized spacial score (nSPS) is 15.2. The summed E-state index contributed by atoms with van der Waals surface area (Å²) in [6.07, 6.45) is 3.48. The Morgan fingerprint density at radius 2 is 1.39 bits per heavy atom. The van der Waals surface area contributed by atoms with Crippen LogP contribution in [0.15, 0.2) is 60.7 Å². The number of rotatable bonds is 2. The van der Waals surface area contributed by atoms with Crippen molar-refractivity contribution in [2.24, 2.45) is 0 Å². The van der Waals surface area contributed by atoms with Crippen LogP contribution in [-0.2, 0) is 0 Å². The number of nitrogens with one attached hydrogen (secondary N) is 1. The van der Waals surface area contributed by atoms with Gasteiger partial charge in [0, 0.05) is 6.54 Å². The lowest BCUT2D eigenvalue weighted by Gasteiger charge is -2.14. The van der Waals surface area contributed by atoms with E-state index >= 15 is 0 Å². The van der Waals surface area contributed by atoms with Gasteiger partial charge < -0.3 is 5.32 Å². The molecule has 2 aromatic carbocycles. The molecule has 2 aromatic rings. The van der Waals surface area contributed by atoms with Gasteiger partial charge in [-0.1, -0.05) is 60.7 Å². The minimum atomic E-state index is 0.991. The minimum Gasteiger partial charge on any atom is -0.312 e. The van der Waals surface area contributed by atoms with Crippen LogP contribution in [0.5, 0.6) is 0 Å². The molecule has 0 fully saturated rings. The topological polar surface area (TPSA) is 12.0 Å². The first kappa shape index (κ1) is 11.2. The number of benzene rings is 2. The SMILES string of the molecule is C1=C(c2ccc(-c3ccccc3)cc2)CNCC1. The summed E-state index contributed by atoms with van der Waals surface area (Å²) in [4.78, 5) is 0. The van der Waals surface area contributed by atoms with E-state index in [1.807, 2.05) is 0 Å². The van der Waals surface area contributed by atoms with Gasteiger partial charge in [-0.25, -0.2) is 0 Å². The Morgan fingerprint density at radius 1 is 0.722 bits per heavy atom. The van der Waals surface area contributed by atoms with Crippen LogP contribution in [0.2, 0.25) is 0 Å². The zero-order chi connectivity index (χ0) is 12.2. The van der Waals surface area contributed by atoms with Gasteiger partial charge in [0.05, 0.1) is 0 Å². The van der Waals surface area contributed by atoms with Gasteiger partial charge in [-0.05, 0) is 35.2 Å². The maximum absolute atomic E-state index is 3.41. The molecule has 0 amide bonds. The second-order valence-electron chi connectivity index (χ2n) is 4.64. The van der Waals surface area contributed by atoms with Crippen molar-refractivity contribution in [3.63, 3.8) is 0 Å². The number of hydrogen-bond acceptors (Lipinski definition) is 1. The highest BCUT2D eigenvalue weighted by Gasteiger charge is 2.05. The maximum atomic E-state index is 3.41. The van der Waals surface area contributed by atoms with Crippen LogP contribution in [0, 0.1) is 0 Å². The first-order valence-electron chi connectivity index (χ1n) is 6.49. The third-order valence-electron chi connectivity index (χ3n) is 3.39. The molecule has 1 nitrogen and oxygen atoms in total. The number of hydrogen-bond donors (Lipinski definition) is 1. The molecule has 90 valence electrons. The van der Waals surface area contributed by atoms with Crippen molar-refractivity contribution in [1.29, 1.82) is 0 Å². The van der Waals surface area contributed by atoms with Crippen LogP contribution >= 0.6 is 0 Å². The molecule has 18 heavy (non-hydrogen) atoms. The summed E-state index contributed by atoms with van der Waals surface area (Å²) in [7, 11) is 0. The molecule has 0 radical (unpaired) electrons. The Bertz CT molecular complexity index is 538. The van der Waals surface area contributed by atoms with E-state index in [2.05, 4.69) is 66.0 Å². The Labute approximate surface area is 108 Å². The zero-order valence-electron chi connectivity index (χ0n) is 10.4. The van der Waals surface area contributed by atoms with Crippen molar-refractivity contribution in [2.45, 2.75) is 6.42 Å². The molecular formula is C17H17N. The highest BCUT2D eigenvalue weighted by molar-refractivity contribution is 5.71. The Kier molecular flexibility index (Phi) is 3.24. The first-order chi connectivity index (χ1) is 8.93. The Morgan fingerprint density at radius 3 is 2.06 bits per heavy atom. The molecule has 0 aromatic heterocycles. The van der Waals surface area contributed by atoms with E-state index in [9.17, 15) is 0 Å². The monoisotopic (exact) mass is 235 g/mol. The van der Waals surface area contributed by atoms with Crippen LogP contribution in [0.25, 0.3) is 16.7 Å². The van der Waals surface area contributed by atoms with Crippen LogP contribution in [0.1, 0.15) is 12.0 Å². The molecule has 0 spiro atoms. The zero-order valence-corrected chi connectivity index (χ0v) is 10.4. The van der Waals surface area contributed by atoms with Crippen molar-refractivity contribution in [3.05, 3.63) is 66.2 Å². The molecule has 0 saturated heterocycles. The summed E-state index contributed by atoms with van der Waals surface area (Å²) < 4.78 is 0. The molecule has 0 saturated carbocycles. The molecule has 0 aliphatic carbocycles. The van der Waals surface area contributed by atoms with E-state index in [1.165, 1.54) is 22.3 Å². The first-order valence-corrected chi connectivity index (χ1v) is 6.49. The standard InChI is InChI=1S/C17H17N/c1-2-5-14(6-3-1)15-8-10-16(11-9-15)17-7-4-12-18-13-17/h1-3,5-11,18H,4,12-13H2. The van der Waals surface area contributed by atoms with E-state index in [4.69, 9.17) is 0 Å². The largest absolute Gasteiger partial charge is 0.312 e. The fourth-order valence-electron chi connectivity index (χ4n) is 2.37. The average molecular weight is 235 g/mol. The fourth-order valence-corrected chi connectivity index (χ4v) is 2.37. The summed E-state index contributed by atoms with van der Waals surface area (Å²) >= 11 is 0. The van der Waals surface area contributed by atoms with E-state index in [-0.39, 0.29) is 0 Å². The van der Waals surface area contributed by atoms with E-state index < -0.39 is 0 Å². The van der Waals surface area contributed by atoms with E-state index in [1.54, 1.807) is 0 Å². The second-order valence-corrected chi connectivity index (χ2v) is 4.64. The Balaban J connectivity index is 1.87. The Hall–Kier alpha value is -1.86. The lowest BCUT2D eigenvalue weighted by atomic mass is 9.98. The lowest BCUT2D eigenvalue weighted by molar-refractivity contribution is 0.739. The van der Waals surface area contributed by atoms with Gasteiger partial charge in [0.1, 0.15) is 0 Å². The molecule has 1 aliphatic heterocycles. The molecule has 1 aliphatic rings. The van der Waals surface area contributed by atoms with Crippen LogP contribution < -0.4 is 5.32 Å². The summed E-state index contributed by atoms with van der Waals surface area (Å²) in [5.74, 6) is 0. The fraction of sp³-hybridized carbons (Fsp3) is 0.176. The van der Waals surface area contributed by atoms with Gasteiger partial charge >= 0.3 is 0 Å². The van der Waals surface area contributed by atoms with Crippen LogP contribution in [0.3, 0.4) is 0 Å². The summed E-state index contributed by atoms with van der Waals surface area (Å²) in [5, 5.41) is 3.41.